The van der Waals surface area contributed by atoms with Gasteiger partial charge < -0.3 is 4.74 Å². The van der Waals surface area contributed by atoms with E-state index in [4.69, 9.17) is 4.84 Å². The summed E-state index contributed by atoms with van der Waals surface area (Å²) >= 11 is 0. The Morgan fingerprint density at radius 2 is 2.07 bits per heavy atom. The Hall–Kier alpha value is -1.39. The third kappa shape index (κ3) is 3.34. The molecule has 1 aromatic rings. The molecule has 1 amide bonds. The summed E-state index contributed by atoms with van der Waals surface area (Å²) in [6.07, 6.45) is 0. The van der Waals surface area contributed by atoms with E-state index in [2.05, 4.69) is 10.2 Å². The second-order valence-corrected chi connectivity index (χ2v) is 3.28. The van der Waals surface area contributed by atoms with Crippen molar-refractivity contribution in [1.82, 2.24) is 5.48 Å². The van der Waals surface area contributed by atoms with E-state index in [1.54, 1.807) is 6.07 Å². The summed E-state index contributed by atoms with van der Waals surface area (Å²) in [6.45, 7) is 4.00. The van der Waals surface area contributed by atoms with Gasteiger partial charge in [0.2, 0.25) is 0 Å². The number of methoxy groups -OCH3 is 1. The average Bonchev–Trinajstić information content (AvgIpc) is 2.22. The number of carbonyl (C=O) groups excluding carboxylic acids is 1. The van der Waals surface area contributed by atoms with E-state index in [-0.39, 0.29) is 12.7 Å². The maximum Gasteiger partial charge on any atom is 0.274 e. The number of hydroxylamine groups is 1. The van der Waals surface area contributed by atoms with Crippen molar-refractivity contribution in [3.8, 4) is 0 Å². The van der Waals surface area contributed by atoms with E-state index in [9.17, 15) is 4.79 Å². The zero-order valence-electron chi connectivity index (χ0n) is 9.16. The van der Waals surface area contributed by atoms with Crippen LogP contribution >= 0.6 is 0 Å². The zero-order valence-corrected chi connectivity index (χ0v) is 9.16. The molecular formula is C11H15NO3. The number of nitrogens with one attached hydrogen (secondary N) is 1. The lowest BCUT2D eigenvalue weighted by molar-refractivity contribution is -0.0704. The molecule has 4 nitrogen and oxygen atoms in total. The number of hydrogen-bond donors (Lipinski definition) is 1. The van der Waals surface area contributed by atoms with Crippen LogP contribution in [0, 0.1) is 13.8 Å². The van der Waals surface area contributed by atoms with Crippen LogP contribution in [-0.4, -0.2) is 19.8 Å². The maximum atomic E-state index is 11.5. The normalized spacial score (nSPS) is 10.1. The lowest BCUT2D eigenvalue weighted by atomic mass is 10.1. The van der Waals surface area contributed by atoms with Crippen molar-refractivity contribution < 1.29 is 14.4 Å². The molecule has 0 aromatic heterocycles. The first-order chi connectivity index (χ1) is 7.15. The maximum absolute atomic E-state index is 11.5. The number of aryl methyl sites for hydroxylation is 2. The summed E-state index contributed by atoms with van der Waals surface area (Å²) < 4.78 is 4.63. The molecule has 0 aliphatic rings. The standard InChI is InChI=1S/C11H15NO3/c1-8-4-5-10(6-9(8)2)11(13)12-15-7-14-3/h4-6H,7H2,1-3H3,(H,12,13). The number of benzene rings is 1. The largest absolute Gasteiger partial charge is 0.356 e. The van der Waals surface area contributed by atoms with E-state index < -0.39 is 0 Å². The van der Waals surface area contributed by atoms with Crippen molar-refractivity contribution in [3.63, 3.8) is 0 Å². The van der Waals surface area contributed by atoms with E-state index in [1.807, 2.05) is 26.0 Å². The van der Waals surface area contributed by atoms with Gasteiger partial charge in [0, 0.05) is 12.7 Å². The molecular weight excluding hydrogens is 194 g/mol. The molecule has 0 radical (unpaired) electrons. The van der Waals surface area contributed by atoms with Gasteiger partial charge in [0.1, 0.15) is 0 Å². The van der Waals surface area contributed by atoms with Gasteiger partial charge in [0.05, 0.1) is 0 Å². The minimum Gasteiger partial charge on any atom is -0.356 e. The Morgan fingerprint density at radius 1 is 1.33 bits per heavy atom. The second-order valence-electron chi connectivity index (χ2n) is 3.28. The van der Waals surface area contributed by atoms with Crippen molar-refractivity contribution in [1.29, 1.82) is 0 Å². The lowest BCUT2D eigenvalue weighted by Crippen LogP contribution is -2.24. The van der Waals surface area contributed by atoms with Crippen molar-refractivity contribution in [3.05, 3.63) is 34.9 Å². The Morgan fingerprint density at radius 3 is 2.67 bits per heavy atom. The van der Waals surface area contributed by atoms with E-state index >= 15 is 0 Å². The SMILES string of the molecule is COCONC(=O)c1ccc(C)c(C)c1. The second kappa shape index (κ2) is 5.48. The van der Waals surface area contributed by atoms with Gasteiger partial charge in [-0.3, -0.25) is 4.79 Å². The van der Waals surface area contributed by atoms with Gasteiger partial charge in [-0.15, -0.1) is 0 Å². The van der Waals surface area contributed by atoms with Crippen molar-refractivity contribution in [2.45, 2.75) is 13.8 Å². The Labute approximate surface area is 89.1 Å². The summed E-state index contributed by atoms with van der Waals surface area (Å²) in [5, 5.41) is 0. The fourth-order valence-electron chi connectivity index (χ4n) is 1.10. The van der Waals surface area contributed by atoms with E-state index in [0.29, 0.717) is 5.56 Å². The van der Waals surface area contributed by atoms with Crippen LogP contribution in [0.5, 0.6) is 0 Å². The summed E-state index contributed by atoms with van der Waals surface area (Å²) in [6, 6.07) is 5.48. The minimum atomic E-state index is -0.268. The number of rotatable bonds is 4. The molecule has 0 heterocycles. The Bertz CT molecular complexity index is 350. The van der Waals surface area contributed by atoms with E-state index in [1.165, 1.54) is 7.11 Å². The first kappa shape index (κ1) is 11.7. The van der Waals surface area contributed by atoms with Crippen LogP contribution < -0.4 is 5.48 Å². The molecule has 0 unspecified atom stereocenters. The Kier molecular flexibility index (Phi) is 4.27. The van der Waals surface area contributed by atoms with Crippen LogP contribution in [0.25, 0.3) is 0 Å². The van der Waals surface area contributed by atoms with Crippen LogP contribution in [0.3, 0.4) is 0 Å². The van der Waals surface area contributed by atoms with Gasteiger partial charge in [-0.05, 0) is 37.1 Å². The predicted octanol–water partition coefficient (Wildman–Crippen LogP) is 1.57. The molecule has 0 atom stereocenters. The van der Waals surface area contributed by atoms with Crippen LogP contribution in [0.15, 0.2) is 18.2 Å². The molecule has 1 rings (SSSR count). The molecule has 15 heavy (non-hydrogen) atoms. The summed E-state index contributed by atoms with van der Waals surface area (Å²) in [4.78, 5) is 16.2. The first-order valence-corrected chi connectivity index (χ1v) is 4.63. The summed E-state index contributed by atoms with van der Waals surface area (Å²) in [7, 11) is 1.49. The molecule has 0 aliphatic carbocycles. The molecule has 0 saturated heterocycles. The highest BCUT2D eigenvalue weighted by Crippen LogP contribution is 2.09. The first-order valence-electron chi connectivity index (χ1n) is 4.63. The van der Waals surface area contributed by atoms with Gasteiger partial charge >= 0.3 is 0 Å². The highest BCUT2D eigenvalue weighted by molar-refractivity contribution is 5.93. The fourth-order valence-corrected chi connectivity index (χ4v) is 1.10. The molecule has 0 aliphatic heterocycles. The average molecular weight is 209 g/mol. The number of carbonyl (C=O) groups is 1. The Balaban J connectivity index is 2.62. The number of hydrogen-bond acceptors (Lipinski definition) is 3. The predicted molar refractivity (Wildman–Crippen MR) is 56.3 cm³/mol. The smallest absolute Gasteiger partial charge is 0.274 e. The van der Waals surface area contributed by atoms with Crippen LogP contribution in [0.2, 0.25) is 0 Å². The van der Waals surface area contributed by atoms with Gasteiger partial charge in [-0.1, -0.05) is 6.07 Å². The van der Waals surface area contributed by atoms with Crippen molar-refractivity contribution >= 4 is 5.91 Å². The highest BCUT2D eigenvalue weighted by Gasteiger charge is 2.05. The minimum absolute atomic E-state index is 0.0383. The highest BCUT2D eigenvalue weighted by atomic mass is 16.8. The van der Waals surface area contributed by atoms with Gasteiger partial charge in [-0.2, -0.15) is 0 Å². The molecule has 0 bridgehead atoms. The molecule has 82 valence electrons. The summed E-state index contributed by atoms with van der Waals surface area (Å²) in [5.41, 5.74) is 5.10. The molecule has 4 heteroatoms. The van der Waals surface area contributed by atoms with Crippen molar-refractivity contribution in [2.75, 3.05) is 13.9 Å². The monoisotopic (exact) mass is 209 g/mol. The van der Waals surface area contributed by atoms with Crippen LogP contribution in [0.4, 0.5) is 0 Å². The molecule has 0 saturated carbocycles. The van der Waals surface area contributed by atoms with Crippen molar-refractivity contribution in [2.24, 2.45) is 0 Å². The summed E-state index contributed by atoms with van der Waals surface area (Å²) in [5.74, 6) is -0.268. The van der Waals surface area contributed by atoms with Gasteiger partial charge in [0.15, 0.2) is 6.79 Å². The van der Waals surface area contributed by atoms with Gasteiger partial charge in [-0.25, -0.2) is 10.3 Å². The topological polar surface area (TPSA) is 47.6 Å². The van der Waals surface area contributed by atoms with E-state index in [0.717, 1.165) is 11.1 Å². The zero-order chi connectivity index (χ0) is 11.3. The lowest BCUT2D eigenvalue weighted by Gasteiger charge is -2.06. The van der Waals surface area contributed by atoms with Crippen LogP contribution in [0.1, 0.15) is 21.5 Å². The molecule has 0 fully saturated rings. The number of ether oxygens (including phenoxy) is 1. The fraction of sp³-hybridized carbons (Fsp3) is 0.364. The van der Waals surface area contributed by atoms with Gasteiger partial charge in [0.25, 0.3) is 5.91 Å². The third-order valence-corrected chi connectivity index (χ3v) is 2.11. The quantitative estimate of drug-likeness (QED) is 0.465. The molecule has 1 N–H and O–H groups in total. The van der Waals surface area contributed by atoms with Crippen LogP contribution in [-0.2, 0) is 9.57 Å². The molecule has 1 aromatic carbocycles. The number of amides is 1. The third-order valence-electron chi connectivity index (χ3n) is 2.11. The molecule has 0 spiro atoms.